The molecule has 2 aromatic carbocycles. The van der Waals surface area contributed by atoms with Gasteiger partial charge < -0.3 is 10.1 Å². The molecule has 0 radical (unpaired) electrons. The molecule has 196 valence electrons. The van der Waals surface area contributed by atoms with Crippen molar-refractivity contribution in [3.8, 4) is 17.1 Å². The second kappa shape index (κ2) is 12.3. The summed E-state index contributed by atoms with van der Waals surface area (Å²) in [4.78, 5) is 26.8. The number of nitrogens with one attached hydrogen (secondary N) is 1. The van der Waals surface area contributed by atoms with Crippen molar-refractivity contribution in [2.24, 2.45) is 0 Å². The highest BCUT2D eigenvalue weighted by Crippen LogP contribution is 2.39. The lowest BCUT2D eigenvalue weighted by molar-refractivity contribution is -0.115. The van der Waals surface area contributed by atoms with Crippen LogP contribution < -0.4 is 5.32 Å². The maximum atomic E-state index is 13.0. The molecule has 4 aromatic rings. The van der Waals surface area contributed by atoms with E-state index in [4.69, 9.17) is 4.74 Å². The predicted octanol–water partition coefficient (Wildman–Crippen LogP) is 6.93. The third-order valence-corrected chi connectivity index (χ3v) is 9.06. The molecule has 2 aromatic heterocycles. The number of halogens is 1. The van der Waals surface area contributed by atoms with Crippen molar-refractivity contribution in [3.63, 3.8) is 0 Å². The minimum Gasteiger partial charge on any atom is -0.462 e. The van der Waals surface area contributed by atoms with Crippen molar-refractivity contribution in [1.82, 2.24) is 14.8 Å². The van der Waals surface area contributed by atoms with E-state index in [1.807, 2.05) is 59.2 Å². The number of carbonyl (C=O) groups is 2. The van der Waals surface area contributed by atoms with Gasteiger partial charge >= 0.3 is 5.97 Å². The van der Waals surface area contributed by atoms with Gasteiger partial charge in [-0.3, -0.25) is 9.36 Å². The van der Waals surface area contributed by atoms with Crippen molar-refractivity contribution >= 4 is 55.9 Å². The fourth-order valence-electron chi connectivity index (χ4n) is 4.49. The summed E-state index contributed by atoms with van der Waals surface area (Å²) in [5.74, 6) is 0.733. The molecule has 1 amide bonds. The smallest absolute Gasteiger partial charge is 0.341 e. The van der Waals surface area contributed by atoms with Gasteiger partial charge in [-0.05, 0) is 56.4 Å². The van der Waals surface area contributed by atoms with Gasteiger partial charge in [0.2, 0.25) is 5.91 Å². The number of fused-ring (bicyclic) bond motifs is 1. The number of thioether (sulfide) groups is 1. The Morgan fingerprint density at radius 3 is 2.63 bits per heavy atom. The van der Waals surface area contributed by atoms with Crippen LogP contribution in [-0.2, 0) is 22.4 Å². The summed E-state index contributed by atoms with van der Waals surface area (Å²) in [5, 5.41) is 13.2. The zero-order valence-corrected chi connectivity index (χ0v) is 24.1. The summed E-state index contributed by atoms with van der Waals surface area (Å²) < 4.78 is 8.24. The van der Waals surface area contributed by atoms with Gasteiger partial charge in [-0.2, -0.15) is 0 Å². The number of hydrogen-bond acceptors (Lipinski definition) is 7. The first kappa shape index (κ1) is 26.6. The SMILES string of the molecule is CCOC(=O)c1c(NC(=O)CCSc2nnc(-c3ccccc3Br)n2-c2ccccc2)sc2c1CCCC2. The van der Waals surface area contributed by atoms with Crippen LogP contribution in [0.3, 0.4) is 0 Å². The van der Waals surface area contributed by atoms with Crippen LogP contribution in [0, 0.1) is 0 Å². The molecule has 38 heavy (non-hydrogen) atoms. The minimum atomic E-state index is -0.354. The highest BCUT2D eigenvalue weighted by Gasteiger charge is 2.27. The summed E-state index contributed by atoms with van der Waals surface area (Å²) in [6.45, 7) is 2.10. The molecular formula is C28H27BrN4O3S2. The number of nitrogens with zero attached hydrogens (tertiary/aromatic N) is 3. The number of hydrogen-bond donors (Lipinski definition) is 1. The number of para-hydroxylation sites is 1. The van der Waals surface area contributed by atoms with Crippen LogP contribution in [-0.4, -0.2) is 39.0 Å². The Kier molecular flexibility index (Phi) is 8.61. The number of anilines is 1. The number of amides is 1. The third kappa shape index (κ3) is 5.72. The molecule has 2 heterocycles. The predicted molar refractivity (Wildman–Crippen MR) is 155 cm³/mol. The van der Waals surface area contributed by atoms with Gasteiger partial charge in [0.05, 0.1) is 12.2 Å². The van der Waals surface area contributed by atoms with E-state index in [1.165, 1.54) is 28.0 Å². The molecule has 1 N–H and O–H groups in total. The molecule has 0 unspecified atom stereocenters. The fourth-order valence-corrected chi connectivity index (χ4v) is 7.13. The zero-order valence-electron chi connectivity index (χ0n) is 20.9. The van der Waals surface area contributed by atoms with Gasteiger partial charge in [-0.15, -0.1) is 21.5 Å². The molecule has 0 spiro atoms. The molecule has 0 saturated carbocycles. The van der Waals surface area contributed by atoms with E-state index >= 15 is 0 Å². The largest absolute Gasteiger partial charge is 0.462 e. The van der Waals surface area contributed by atoms with Crippen molar-refractivity contribution in [1.29, 1.82) is 0 Å². The van der Waals surface area contributed by atoms with Gasteiger partial charge in [0, 0.05) is 32.8 Å². The topological polar surface area (TPSA) is 86.1 Å². The number of ether oxygens (including phenoxy) is 1. The molecule has 0 fully saturated rings. The Labute approximate surface area is 238 Å². The number of carbonyl (C=O) groups excluding carboxylic acids is 2. The average Bonchev–Trinajstić information content (AvgIpc) is 3.50. The number of thiophene rings is 1. The number of aryl methyl sites for hydroxylation is 1. The van der Waals surface area contributed by atoms with Crippen molar-refractivity contribution in [2.75, 3.05) is 17.7 Å². The minimum absolute atomic E-state index is 0.140. The number of rotatable bonds is 9. The lowest BCUT2D eigenvalue weighted by atomic mass is 9.95. The average molecular weight is 612 g/mol. The second-order valence-corrected chi connectivity index (χ2v) is 11.8. The van der Waals surface area contributed by atoms with Gasteiger partial charge in [0.15, 0.2) is 11.0 Å². The number of esters is 1. The molecule has 7 nitrogen and oxygen atoms in total. The fraction of sp³-hybridized carbons (Fsp3) is 0.286. The molecule has 5 rings (SSSR count). The Morgan fingerprint density at radius 1 is 1.08 bits per heavy atom. The van der Waals surface area contributed by atoms with E-state index in [9.17, 15) is 9.59 Å². The van der Waals surface area contributed by atoms with E-state index in [0.29, 0.717) is 28.1 Å². The van der Waals surface area contributed by atoms with E-state index in [0.717, 1.165) is 52.8 Å². The summed E-state index contributed by atoms with van der Waals surface area (Å²) in [7, 11) is 0. The Hall–Kier alpha value is -2.95. The molecular weight excluding hydrogens is 584 g/mol. The molecule has 0 saturated heterocycles. The summed E-state index contributed by atoms with van der Waals surface area (Å²) in [6, 6.07) is 17.8. The van der Waals surface area contributed by atoms with E-state index in [2.05, 4.69) is 31.4 Å². The third-order valence-electron chi connectivity index (χ3n) is 6.23. The first-order valence-corrected chi connectivity index (χ1v) is 15.2. The normalized spacial score (nSPS) is 12.7. The standard InChI is InChI=1S/C28H27BrN4O3S2/c1-2-36-27(35)24-20-13-7-9-15-22(20)38-26(24)30-23(34)16-17-37-28-32-31-25(19-12-6-8-14-21(19)29)33(28)18-10-4-3-5-11-18/h3-6,8,10-12,14H,2,7,9,13,15-17H2,1H3,(H,30,34). The summed E-state index contributed by atoms with van der Waals surface area (Å²) in [6.07, 6.45) is 4.20. The highest BCUT2D eigenvalue weighted by atomic mass is 79.9. The second-order valence-electron chi connectivity index (χ2n) is 8.74. The number of aromatic nitrogens is 3. The van der Waals surface area contributed by atoms with Crippen molar-refractivity contribution in [3.05, 3.63) is 75.1 Å². The van der Waals surface area contributed by atoms with Gasteiger partial charge in [-0.25, -0.2) is 4.79 Å². The van der Waals surface area contributed by atoms with Crippen LogP contribution in [0.1, 0.15) is 47.0 Å². The van der Waals surface area contributed by atoms with Crippen LogP contribution in [0.2, 0.25) is 0 Å². The summed E-state index contributed by atoms with van der Waals surface area (Å²) >= 11 is 6.61. The first-order valence-electron chi connectivity index (χ1n) is 12.6. The lowest BCUT2D eigenvalue weighted by Crippen LogP contribution is -2.16. The van der Waals surface area contributed by atoms with Gasteiger partial charge in [-0.1, -0.05) is 64.1 Å². The van der Waals surface area contributed by atoms with Crippen LogP contribution in [0.15, 0.2) is 64.2 Å². The quantitative estimate of drug-likeness (QED) is 0.163. The lowest BCUT2D eigenvalue weighted by Gasteiger charge is -2.12. The Bertz CT molecular complexity index is 1450. The monoisotopic (exact) mass is 610 g/mol. The maximum absolute atomic E-state index is 13.0. The van der Waals surface area contributed by atoms with Gasteiger partial charge in [0.25, 0.3) is 0 Å². The van der Waals surface area contributed by atoms with Crippen LogP contribution in [0.4, 0.5) is 5.00 Å². The molecule has 0 atom stereocenters. The van der Waals surface area contributed by atoms with Crippen LogP contribution >= 0.6 is 39.0 Å². The maximum Gasteiger partial charge on any atom is 0.341 e. The molecule has 0 bridgehead atoms. The highest BCUT2D eigenvalue weighted by molar-refractivity contribution is 9.10. The van der Waals surface area contributed by atoms with Crippen LogP contribution in [0.5, 0.6) is 0 Å². The molecule has 10 heteroatoms. The number of benzene rings is 2. The Balaban J connectivity index is 1.32. The van der Waals surface area contributed by atoms with Gasteiger partial charge in [0.1, 0.15) is 5.00 Å². The summed E-state index contributed by atoms with van der Waals surface area (Å²) in [5.41, 5.74) is 3.45. The molecule has 1 aliphatic rings. The van der Waals surface area contributed by atoms with E-state index in [-0.39, 0.29) is 18.3 Å². The van der Waals surface area contributed by atoms with E-state index < -0.39 is 0 Å². The first-order chi connectivity index (χ1) is 18.6. The molecule has 0 aliphatic heterocycles. The van der Waals surface area contributed by atoms with Crippen molar-refractivity contribution < 1.29 is 14.3 Å². The van der Waals surface area contributed by atoms with E-state index in [1.54, 1.807) is 6.92 Å². The molecule has 1 aliphatic carbocycles. The van der Waals surface area contributed by atoms with Crippen molar-refractivity contribution in [2.45, 2.75) is 44.2 Å². The Morgan fingerprint density at radius 2 is 1.84 bits per heavy atom. The van der Waals surface area contributed by atoms with Crippen LogP contribution in [0.25, 0.3) is 17.1 Å². The zero-order chi connectivity index (χ0) is 26.5.